The number of amides is 1. The minimum Gasteiger partial charge on any atom is -0.414 e. The molecule has 0 aliphatic carbocycles. The monoisotopic (exact) mass is 380 g/mol. The first-order valence-corrected chi connectivity index (χ1v) is 9.69. The van der Waals surface area contributed by atoms with Crippen LogP contribution in [0.1, 0.15) is 25.7 Å². The molecule has 8 heteroatoms. The summed E-state index contributed by atoms with van der Waals surface area (Å²) in [5, 5.41) is 12.3. The van der Waals surface area contributed by atoms with Crippen LogP contribution >= 0.6 is 23.4 Å². The Labute approximate surface area is 156 Å². The Kier molecular flexibility index (Phi) is 6.20. The van der Waals surface area contributed by atoms with Crippen molar-refractivity contribution < 1.29 is 9.21 Å². The van der Waals surface area contributed by atoms with E-state index >= 15 is 0 Å². The summed E-state index contributed by atoms with van der Waals surface area (Å²) in [6, 6.07) is 7.39. The Hall–Kier alpha value is -1.73. The maximum atomic E-state index is 12.2. The lowest BCUT2D eigenvalue weighted by Gasteiger charge is -2.30. The molecule has 1 fully saturated rings. The molecule has 1 saturated heterocycles. The summed E-state index contributed by atoms with van der Waals surface area (Å²) in [4.78, 5) is 14.1. The molecule has 0 unspecified atom stereocenters. The molecule has 1 aromatic heterocycles. The molecule has 0 spiro atoms. The number of hydrogen-bond donors (Lipinski definition) is 1. The number of thioether (sulfide) groups is 1. The molecule has 0 radical (unpaired) electrons. The molecule has 3 rings (SSSR count). The molecule has 0 saturated carbocycles. The molecule has 1 aliphatic heterocycles. The van der Waals surface area contributed by atoms with Gasteiger partial charge in [-0.25, -0.2) is 0 Å². The predicted octanol–water partition coefficient (Wildman–Crippen LogP) is 3.69. The number of nitrogens with one attached hydrogen (secondary N) is 1. The van der Waals surface area contributed by atoms with Gasteiger partial charge in [-0.15, -0.1) is 10.2 Å². The van der Waals surface area contributed by atoms with E-state index in [9.17, 15) is 4.79 Å². The Bertz CT molecular complexity index is 699. The molecular formula is C17H21ClN4O2S. The van der Waals surface area contributed by atoms with E-state index in [1.165, 1.54) is 11.8 Å². The van der Waals surface area contributed by atoms with Gasteiger partial charge >= 0.3 is 0 Å². The summed E-state index contributed by atoms with van der Waals surface area (Å²) in [5.74, 6) is 1.66. The lowest BCUT2D eigenvalue weighted by molar-refractivity contribution is -0.129. The number of hydrogen-bond acceptors (Lipinski definition) is 6. The minimum atomic E-state index is 0.135. The summed E-state index contributed by atoms with van der Waals surface area (Å²) >= 11 is 7.14. The number of likely N-dealkylation sites (tertiary alicyclic amines) is 1. The van der Waals surface area contributed by atoms with Crippen LogP contribution in [0.3, 0.4) is 0 Å². The van der Waals surface area contributed by atoms with Crippen LogP contribution in [-0.4, -0.2) is 39.8 Å². The van der Waals surface area contributed by atoms with Gasteiger partial charge in [-0.2, -0.15) is 0 Å². The van der Waals surface area contributed by atoms with Crippen molar-refractivity contribution in [1.29, 1.82) is 0 Å². The molecule has 1 aromatic carbocycles. The van der Waals surface area contributed by atoms with E-state index < -0.39 is 0 Å². The predicted molar refractivity (Wildman–Crippen MR) is 98.8 cm³/mol. The Morgan fingerprint density at radius 3 is 2.76 bits per heavy atom. The first kappa shape index (κ1) is 18.1. The fourth-order valence-corrected chi connectivity index (χ4v) is 3.40. The van der Waals surface area contributed by atoms with Crippen molar-refractivity contribution in [3.8, 4) is 0 Å². The average Bonchev–Trinajstić information content (AvgIpc) is 3.08. The van der Waals surface area contributed by atoms with Crippen molar-refractivity contribution in [2.24, 2.45) is 5.92 Å². The maximum absolute atomic E-state index is 12.2. The highest BCUT2D eigenvalue weighted by atomic mass is 35.5. The molecule has 2 aromatic rings. The third-order valence-corrected chi connectivity index (χ3v) is 5.25. The number of anilines is 1. The second-order valence-electron chi connectivity index (χ2n) is 6.17. The summed E-state index contributed by atoms with van der Waals surface area (Å²) in [5.41, 5.74) is 0.923. The van der Waals surface area contributed by atoms with Crippen molar-refractivity contribution >= 4 is 35.0 Å². The second kappa shape index (κ2) is 8.58. The zero-order chi connectivity index (χ0) is 17.6. The van der Waals surface area contributed by atoms with Gasteiger partial charge < -0.3 is 14.6 Å². The summed E-state index contributed by atoms with van der Waals surface area (Å²) < 4.78 is 5.57. The zero-order valence-electron chi connectivity index (χ0n) is 14.1. The highest BCUT2D eigenvalue weighted by Gasteiger charge is 2.21. The van der Waals surface area contributed by atoms with Crippen LogP contribution in [0.25, 0.3) is 0 Å². The molecule has 134 valence electrons. The SMILES string of the molecule is CC1CCN(C(=O)CSc2nnc(CNc3ccc(Cl)cc3)o2)CC1. The van der Waals surface area contributed by atoms with Gasteiger partial charge in [-0.1, -0.05) is 30.3 Å². The van der Waals surface area contributed by atoms with Crippen molar-refractivity contribution in [2.45, 2.75) is 31.5 Å². The van der Waals surface area contributed by atoms with Gasteiger partial charge in [-0.3, -0.25) is 4.79 Å². The van der Waals surface area contributed by atoms with Crippen LogP contribution in [-0.2, 0) is 11.3 Å². The summed E-state index contributed by atoms with van der Waals surface area (Å²) in [6.45, 7) is 4.35. The zero-order valence-corrected chi connectivity index (χ0v) is 15.6. The summed E-state index contributed by atoms with van der Waals surface area (Å²) in [7, 11) is 0. The van der Waals surface area contributed by atoms with Crippen LogP contribution in [0.2, 0.25) is 5.02 Å². The number of aromatic nitrogens is 2. The minimum absolute atomic E-state index is 0.135. The van der Waals surface area contributed by atoms with E-state index in [4.69, 9.17) is 16.0 Å². The molecule has 1 aliphatic rings. The topological polar surface area (TPSA) is 71.3 Å². The number of halogens is 1. The smallest absolute Gasteiger partial charge is 0.277 e. The molecule has 0 bridgehead atoms. The normalized spacial score (nSPS) is 15.4. The van der Waals surface area contributed by atoms with E-state index in [1.54, 1.807) is 0 Å². The van der Waals surface area contributed by atoms with Gasteiger partial charge in [0.05, 0.1) is 12.3 Å². The number of piperidine rings is 1. The Morgan fingerprint density at radius 1 is 1.32 bits per heavy atom. The highest BCUT2D eigenvalue weighted by Crippen LogP contribution is 2.21. The van der Waals surface area contributed by atoms with Crippen molar-refractivity contribution in [3.63, 3.8) is 0 Å². The van der Waals surface area contributed by atoms with Crippen LogP contribution in [0, 0.1) is 5.92 Å². The van der Waals surface area contributed by atoms with Gasteiger partial charge in [0.15, 0.2) is 0 Å². The van der Waals surface area contributed by atoms with Crippen molar-refractivity contribution in [2.75, 3.05) is 24.2 Å². The standard InChI is InChI=1S/C17H21ClN4O2S/c1-12-6-8-22(9-7-12)16(23)11-25-17-21-20-15(24-17)10-19-14-4-2-13(18)3-5-14/h2-5,12,19H,6-11H2,1H3. The molecule has 1 N–H and O–H groups in total. The fraction of sp³-hybridized carbons (Fsp3) is 0.471. The van der Waals surface area contributed by atoms with Crippen LogP contribution < -0.4 is 5.32 Å². The van der Waals surface area contributed by atoms with Gasteiger partial charge in [0.1, 0.15) is 0 Å². The van der Waals surface area contributed by atoms with Gasteiger partial charge in [0.2, 0.25) is 11.8 Å². The number of benzene rings is 1. The van der Waals surface area contributed by atoms with Crippen LogP contribution in [0.15, 0.2) is 33.9 Å². The molecule has 6 nitrogen and oxygen atoms in total. The molecule has 2 heterocycles. The Balaban J connectivity index is 1.43. The lowest BCUT2D eigenvalue weighted by atomic mass is 9.99. The number of nitrogens with zero attached hydrogens (tertiary/aromatic N) is 3. The number of carbonyl (C=O) groups is 1. The third kappa shape index (κ3) is 5.37. The molecule has 0 atom stereocenters. The Morgan fingerprint density at radius 2 is 2.04 bits per heavy atom. The lowest BCUT2D eigenvalue weighted by Crippen LogP contribution is -2.38. The highest BCUT2D eigenvalue weighted by molar-refractivity contribution is 7.99. The second-order valence-corrected chi connectivity index (χ2v) is 7.54. The first-order valence-electron chi connectivity index (χ1n) is 8.32. The van der Waals surface area contributed by atoms with Crippen LogP contribution in [0.4, 0.5) is 5.69 Å². The summed E-state index contributed by atoms with van der Waals surface area (Å²) in [6.07, 6.45) is 2.16. The van der Waals surface area contributed by atoms with Crippen molar-refractivity contribution in [3.05, 3.63) is 35.2 Å². The van der Waals surface area contributed by atoms with Crippen LogP contribution in [0.5, 0.6) is 0 Å². The third-order valence-electron chi connectivity index (χ3n) is 4.19. The van der Waals surface area contributed by atoms with Gasteiger partial charge in [0, 0.05) is 23.8 Å². The molecular weight excluding hydrogens is 360 g/mol. The first-order chi connectivity index (χ1) is 12.1. The van der Waals surface area contributed by atoms with E-state index in [-0.39, 0.29) is 5.91 Å². The average molecular weight is 381 g/mol. The number of carbonyl (C=O) groups excluding carboxylic acids is 1. The largest absolute Gasteiger partial charge is 0.414 e. The van der Waals surface area contributed by atoms with E-state index in [2.05, 4.69) is 22.4 Å². The van der Waals surface area contributed by atoms with E-state index in [0.717, 1.165) is 31.6 Å². The molecule has 1 amide bonds. The quantitative estimate of drug-likeness (QED) is 0.770. The van der Waals surface area contributed by atoms with E-state index in [0.29, 0.717) is 34.4 Å². The fourth-order valence-electron chi connectivity index (χ4n) is 2.59. The van der Waals surface area contributed by atoms with E-state index in [1.807, 2.05) is 29.2 Å². The van der Waals surface area contributed by atoms with Gasteiger partial charge in [0.25, 0.3) is 5.22 Å². The molecule has 25 heavy (non-hydrogen) atoms. The number of rotatable bonds is 6. The van der Waals surface area contributed by atoms with Gasteiger partial charge in [-0.05, 0) is 43.0 Å². The van der Waals surface area contributed by atoms with Crippen molar-refractivity contribution in [1.82, 2.24) is 15.1 Å². The maximum Gasteiger partial charge on any atom is 0.277 e.